The molecular weight excluding hydrogens is 447 g/mol. The van der Waals surface area contributed by atoms with Crippen LogP contribution in [0.2, 0.25) is 5.02 Å². The molecule has 8 heteroatoms. The fourth-order valence-electron chi connectivity index (χ4n) is 4.71. The number of rotatable bonds is 7. The average molecular weight is 473 g/mol. The fraction of sp³-hybridized carbons (Fsp3) is 0.360. The molecule has 1 aliphatic rings. The van der Waals surface area contributed by atoms with Gasteiger partial charge in [0.15, 0.2) is 6.61 Å². The SMILES string of the molecule is CCC(C(=O)O)n1c2c(c3cc(F)ccc31)C[C@@H](N(C)C(=O)COc1ccccc1Cl)CC2. The first-order chi connectivity index (χ1) is 15.8. The number of aliphatic carboxylic acids is 1. The van der Waals surface area contributed by atoms with E-state index in [1.54, 1.807) is 42.3 Å². The van der Waals surface area contributed by atoms with Gasteiger partial charge in [-0.1, -0.05) is 30.7 Å². The van der Waals surface area contributed by atoms with Crippen molar-refractivity contribution in [3.63, 3.8) is 0 Å². The number of carboxylic acids is 1. The smallest absolute Gasteiger partial charge is 0.326 e. The largest absolute Gasteiger partial charge is 0.482 e. The molecule has 6 nitrogen and oxygen atoms in total. The molecule has 2 atom stereocenters. The minimum atomic E-state index is -0.910. The predicted octanol–water partition coefficient (Wildman–Crippen LogP) is 4.86. The van der Waals surface area contributed by atoms with Crippen molar-refractivity contribution in [3.8, 4) is 5.75 Å². The molecule has 2 aromatic carbocycles. The lowest BCUT2D eigenvalue weighted by molar-refractivity contribution is -0.141. The van der Waals surface area contributed by atoms with E-state index < -0.39 is 12.0 Å². The number of likely N-dealkylation sites (N-methyl/N-ethyl adjacent to an activating group) is 1. The summed E-state index contributed by atoms with van der Waals surface area (Å²) in [7, 11) is 1.74. The Kier molecular flexibility index (Phi) is 6.61. The second kappa shape index (κ2) is 9.43. The molecule has 1 unspecified atom stereocenters. The minimum absolute atomic E-state index is 0.105. The van der Waals surface area contributed by atoms with Crippen LogP contribution < -0.4 is 4.74 Å². The van der Waals surface area contributed by atoms with Gasteiger partial charge < -0.3 is 19.3 Å². The Balaban J connectivity index is 1.59. The first kappa shape index (κ1) is 23.1. The molecule has 0 aliphatic heterocycles. The molecule has 1 amide bonds. The lowest BCUT2D eigenvalue weighted by Crippen LogP contribution is -2.43. The van der Waals surface area contributed by atoms with Crippen molar-refractivity contribution in [3.05, 3.63) is 64.6 Å². The van der Waals surface area contributed by atoms with Gasteiger partial charge in [0.2, 0.25) is 0 Å². The van der Waals surface area contributed by atoms with Gasteiger partial charge in [-0.25, -0.2) is 9.18 Å². The second-order valence-corrected chi connectivity index (χ2v) is 8.75. The number of carbonyl (C=O) groups is 2. The molecule has 1 aromatic heterocycles. The number of fused-ring (bicyclic) bond motifs is 3. The van der Waals surface area contributed by atoms with Crippen LogP contribution in [0.5, 0.6) is 5.75 Å². The predicted molar refractivity (Wildman–Crippen MR) is 124 cm³/mol. The molecule has 1 aliphatic carbocycles. The third-order valence-corrected chi connectivity index (χ3v) is 6.76. The van der Waals surface area contributed by atoms with Gasteiger partial charge in [0.05, 0.1) is 5.02 Å². The van der Waals surface area contributed by atoms with Crippen LogP contribution in [-0.2, 0) is 22.4 Å². The Morgan fingerprint density at radius 3 is 2.76 bits per heavy atom. The van der Waals surface area contributed by atoms with E-state index in [0.717, 1.165) is 11.3 Å². The molecule has 0 saturated carbocycles. The normalized spacial score (nSPS) is 16.3. The summed E-state index contributed by atoms with van der Waals surface area (Å²) in [5.74, 6) is -1.02. The zero-order valence-corrected chi connectivity index (χ0v) is 19.3. The summed E-state index contributed by atoms with van der Waals surface area (Å²) >= 11 is 6.10. The Labute approximate surface area is 196 Å². The lowest BCUT2D eigenvalue weighted by Gasteiger charge is -2.32. The van der Waals surface area contributed by atoms with Crippen LogP contribution in [0.4, 0.5) is 4.39 Å². The van der Waals surface area contributed by atoms with Crippen molar-refractivity contribution in [2.75, 3.05) is 13.7 Å². The Bertz CT molecular complexity index is 1210. The molecule has 0 spiro atoms. The van der Waals surface area contributed by atoms with Crippen molar-refractivity contribution in [1.29, 1.82) is 0 Å². The monoisotopic (exact) mass is 472 g/mol. The Hall–Kier alpha value is -3.06. The molecule has 3 aromatic rings. The van der Waals surface area contributed by atoms with Crippen molar-refractivity contribution >= 4 is 34.4 Å². The number of ether oxygens (including phenoxy) is 1. The Morgan fingerprint density at radius 1 is 1.30 bits per heavy atom. The van der Waals surface area contributed by atoms with E-state index in [2.05, 4.69) is 0 Å². The van der Waals surface area contributed by atoms with E-state index in [9.17, 15) is 19.1 Å². The molecule has 1 heterocycles. The summed E-state index contributed by atoms with van der Waals surface area (Å²) in [6.07, 6.45) is 2.22. The Morgan fingerprint density at radius 2 is 2.06 bits per heavy atom. The third-order valence-electron chi connectivity index (χ3n) is 6.45. The number of amides is 1. The maximum atomic E-state index is 14.1. The maximum absolute atomic E-state index is 14.1. The van der Waals surface area contributed by atoms with Crippen LogP contribution in [0.3, 0.4) is 0 Å². The van der Waals surface area contributed by atoms with Gasteiger partial charge in [-0.05, 0) is 61.6 Å². The van der Waals surface area contributed by atoms with Gasteiger partial charge in [-0.2, -0.15) is 0 Å². The summed E-state index contributed by atoms with van der Waals surface area (Å²) in [6.45, 7) is 1.69. The van der Waals surface area contributed by atoms with Gasteiger partial charge in [0.1, 0.15) is 17.6 Å². The molecular formula is C25H26ClFN2O4. The number of carboxylic acid groups (broad SMARTS) is 1. The van der Waals surface area contributed by atoms with E-state index in [4.69, 9.17) is 16.3 Å². The van der Waals surface area contributed by atoms with Crippen LogP contribution in [-0.4, -0.2) is 46.1 Å². The minimum Gasteiger partial charge on any atom is -0.482 e. The van der Waals surface area contributed by atoms with Gasteiger partial charge >= 0.3 is 5.97 Å². The number of carbonyl (C=O) groups excluding carboxylic acids is 1. The van der Waals surface area contributed by atoms with Crippen molar-refractivity contribution in [1.82, 2.24) is 9.47 Å². The van der Waals surface area contributed by atoms with Crippen LogP contribution in [0, 0.1) is 5.82 Å². The number of nitrogens with zero attached hydrogens (tertiary/aromatic N) is 2. The zero-order chi connectivity index (χ0) is 23.7. The molecule has 4 rings (SSSR count). The van der Waals surface area contributed by atoms with E-state index in [1.165, 1.54) is 12.1 Å². The fourth-order valence-corrected chi connectivity index (χ4v) is 4.90. The summed E-state index contributed by atoms with van der Waals surface area (Å²) in [5.41, 5.74) is 2.54. The van der Waals surface area contributed by atoms with Crippen LogP contribution in [0.25, 0.3) is 10.9 Å². The van der Waals surface area contributed by atoms with E-state index in [1.807, 2.05) is 11.5 Å². The third kappa shape index (κ3) is 4.42. The standard InChI is InChI=1S/C25H26ClFN2O4/c1-3-20(25(31)32)29-21-10-8-15(27)12-17(21)18-13-16(9-11-22(18)29)28(2)24(30)14-33-23-7-5-4-6-19(23)26/h4-8,10,12,16,20H,3,9,11,13-14H2,1-2H3,(H,31,32)/t16-,20?/m0/s1. The summed E-state index contributed by atoms with van der Waals surface area (Å²) in [5, 5.41) is 10.9. The van der Waals surface area contributed by atoms with Gasteiger partial charge in [0, 0.05) is 29.7 Å². The van der Waals surface area contributed by atoms with Gasteiger partial charge in [-0.3, -0.25) is 4.79 Å². The summed E-state index contributed by atoms with van der Waals surface area (Å²) < 4.78 is 21.6. The molecule has 0 radical (unpaired) electrons. The zero-order valence-electron chi connectivity index (χ0n) is 18.6. The highest BCUT2D eigenvalue weighted by atomic mass is 35.5. The topological polar surface area (TPSA) is 71.8 Å². The molecule has 0 saturated heterocycles. The van der Waals surface area contributed by atoms with Crippen molar-refractivity contribution in [2.24, 2.45) is 0 Å². The summed E-state index contributed by atoms with van der Waals surface area (Å²) in [4.78, 5) is 26.4. The van der Waals surface area contributed by atoms with Crippen LogP contribution in [0.1, 0.15) is 37.1 Å². The molecule has 0 bridgehead atoms. The van der Waals surface area contributed by atoms with E-state index in [0.29, 0.717) is 47.4 Å². The van der Waals surface area contributed by atoms with Gasteiger partial charge in [-0.15, -0.1) is 0 Å². The highest BCUT2D eigenvalue weighted by Gasteiger charge is 2.32. The number of benzene rings is 2. The van der Waals surface area contributed by atoms with Crippen molar-refractivity contribution < 1.29 is 23.8 Å². The van der Waals surface area contributed by atoms with Crippen LogP contribution >= 0.6 is 11.6 Å². The first-order valence-electron chi connectivity index (χ1n) is 11.0. The number of para-hydroxylation sites is 1. The summed E-state index contributed by atoms with van der Waals surface area (Å²) in [6, 6.07) is 10.6. The first-order valence-corrected chi connectivity index (χ1v) is 11.4. The lowest BCUT2D eigenvalue weighted by atomic mass is 9.90. The van der Waals surface area contributed by atoms with Crippen LogP contribution in [0.15, 0.2) is 42.5 Å². The number of aromatic nitrogens is 1. The van der Waals surface area contributed by atoms with E-state index in [-0.39, 0.29) is 24.4 Å². The average Bonchev–Trinajstić information content (AvgIpc) is 3.11. The number of hydrogen-bond donors (Lipinski definition) is 1. The maximum Gasteiger partial charge on any atom is 0.326 e. The second-order valence-electron chi connectivity index (χ2n) is 8.34. The molecule has 174 valence electrons. The highest BCUT2D eigenvalue weighted by Crippen LogP contribution is 2.37. The number of halogens is 2. The quantitative estimate of drug-likeness (QED) is 0.532. The molecule has 33 heavy (non-hydrogen) atoms. The highest BCUT2D eigenvalue weighted by molar-refractivity contribution is 6.32. The van der Waals surface area contributed by atoms with Gasteiger partial charge in [0.25, 0.3) is 5.91 Å². The van der Waals surface area contributed by atoms with E-state index >= 15 is 0 Å². The number of hydrogen-bond acceptors (Lipinski definition) is 3. The van der Waals surface area contributed by atoms with Crippen molar-refractivity contribution in [2.45, 2.75) is 44.7 Å². The molecule has 1 N–H and O–H groups in total. The molecule has 0 fully saturated rings.